The zero-order valence-corrected chi connectivity index (χ0v) is 19.1. The van der Waals surface area contributed by atoms with E-state index in [1.165, 1.54) is 20.0 Å². The van der Waals surface area contributed by atoms with E-state index in [2.05, 4.69) is 9.97 Å². The average molecular weight is 477 g/mol. The van der Waals surface area contributed by atoms with Crippen LogP contribution in [-0.2, 0) is 13.8 Å². The van der Waals surface area contributed by atoms with Gasteiger partial charge in [-0.1, -0.05) is 13.8 Å². The van der Waals surface area contributed by atoms with Gasteiger partial charge in [0.1, 0.15) is 17.9 Å². The van der Waals surface area contributed by atoms with Gasteiger partial charge >= 0.3 is 13.3 Å². The molecule has 7 atom stereocenters. The first-order chi connectivity index (χ1) is 14.7. The molecule has 2 aromatic rings. The monoisotopic (exact) mass is 477 g/mol. The van der Waals surface area contributed by atoms with Gasteiger partial charge in [0.2, 0.25) is 0 Å². The van der Waals surface area contributed by atoms with Gasteiger partial charge in [0.25, 0.3) is 0 Å². The first-order valence-electron chi connectivity index (χ1n) is 10.3. The van der Waals surface area contributed by atoms with Crippen LogP contribution in [0.5, 0.6) is 0 Å². The predicted molar refractivity (Wildman–Crippen MR) is 111 cm³/mol. The van der Waals surface area contributed by atoms with Crippen LogP contribution in [-0.4, -0.2) is 64.0 Å². The molecule has 0 spiro atoms. The number of fused-ring (bicyclic) bond motifs is 1. The number of hydrogen-bond acceptors (Lipinski definition) is 8. The minimum atomic E-state index is -4.48. The number of halogens is 1. The number of nitrogens with zero attached hydrogens (tertiary/aromatic N) is 2. The molecule has 4 unspecified atom stereocenters. The van der Waals surface area contributed by atoms with Crippen LogP contribution in [0.1, 0.15) is 53.2 Å². The topological polar surface area (TPSA) is 167 Å². The lowest BCUT2D eigenvalue weighted by atomic mass is 9.93. The number of rotatable bonds is 8. The Morgan fingerprint density at radius 1 is 1.31 bits per heavy atom. The number of aliphatic hydroxyl groups is 3. The van der Waals surface area contributed by atoms with Crippen LogP contribution >= 0.6 is 7.60 Å². The van der Waals surface area contributed by atoms with E-state index < -0.39 is 54.7 Å². The van der Waals surface area contributed by atoms with Crippen LogP contribution in [0.15, 0.2) is 17.1 Å². The lowest BCUT2D eigenvalue weighted by Crippen LogP contribution is -2.40. The van der Waals surface area contributed by atoms with Crippen LogP contribution in [0, 0.1) is 5.95 Å². The highest BCUT2D eigenvalue weighted by molar-refractivity contribution is 7.54. The van der Waals surface area contributed by atoms with E-state index in [-0.39, 0.29) is 30.3 Å². The van der Waals surface area contributed by atoms with Gasteiger partial charge in [-0.2, -0.15) is 9.37 Å². The normalized spacial score (nSPS) is 29.5. The standard InChI is InChI=1S/C19H29FN3O8P/c1-5-18(3,31-32(28,29)19(4,27)6-2)8-11-13(24)14(25)16(30-11)23-9-10-7-12(20)21-15(10)22-17(23)26/h7,9,11,13-14,16,24-25,27H,5-6,8H2,1-4H3,(H,28,29)(H,21,22,26)/t11-,13?,14+,16-,18?,19?/m1/s1. The van der Waals surface area contributed by atoms with Gasteiger partial charge in [-0.15, -0.1) is 0 Å². The number of nitrogens with one attached hydrogen (secondary N) is 1. The SMILES string of the molecule is CCC(C)(C[C@H]1O[C@@H](n2cc3cc(F)[nH]c3nc2=O)[C@@H](O)C1O)OP(=O)(O)C(C)(O)CC. The van der Waals surface area contributed by atoms with Crippen LogP contribution < -0.4 is 5.69 Å². The predicted octanol–water partition coefficient (Wildman–Crippen LogP) is 1.36. The van der Waals surface area contributed by atoms with Crippen LogP contribution in [0.3, 0.4) is 0 Å². The number of ether oxygens (including phenoxy) is 1. The summed E-state index contributed by atoms with van der Waals surface area (Å²) in [5, 5.41) is 29.6. The van der Waals surface area contributed by atoms with Crippen LogP contribution in [0.2, 0.25) is 0 Å². The molecule has 0 amide bonds. The fraction of sp³-hybridized carbons (Fsp3) is 0.684. The first-order valence-corrected chi connectivity index (χ1v) is 11.9. The van der Waals surface area contributed by atoms with Gasteiger partial charge in [-0.3, -0.25) is 9.13 Å². The highest BCUT2D eigenvalue weighted by Crippen LogP contribution is 2.59. The Morgan fingerprint density at radius 3 is 2.56 bits per heavy atom. The van der Waals surface area contributed by atoms with Gasteiger partial charge < -0.3 is 34.5 Å². The van der Waals surface area contributed by atoms with E-state index in [0.717, 1.165) is 10.6 Å². The van der Waals surface area contributed by atoms with E-state index in [1.54, 1.807) is 13.8 Å². The summed E-state index contributed by atoms with van der Waals surface area (Å²) < 4.78 is 38.2. The molecule has 0 aliphatic carbocycles. The Kier molecular flexibility index (Phi) is 6.71. The molecule has 5 N–H and O–H groups in total. The molecule has 1 aliphatic heterocycles. The number of aromatic amines is 1. The van der Waals surface area contributed by atoms with Gasteiger partial charge in [-0.25, -0.2) is 4.79 Å². The smallest absolute Gasteiger partial charge is 0.359 e. The fourth-order valence-corrected chi connectivity index (χ4v) is 4.95. The van der Waals surface area contributed by atoms with Crippen molar-refractivity contribution in [3.05, 3.63) is 28.7 Å². The Morgan fingerprint density at radius 2 is 1.97 bits per heavy atom. The van der Waals surface area contributed by atoms with E-state index in [4.69, 9.17) is 9.26 Å². The molecule has 32 heavy (non-hydrogen) atoms. The Balaban J connectivity index is 1.85. The molecule has 1 aliphatic rings. The largest absolute Gasteiger partial charge is 0.388 e. The number of hydrogen-bond donors (Lipinski definition) is 5. The van der Waals surface area contributed by atoms with Gasteiger partial charge in [0.15, 0.2) is 17.5 Å². The molecule has 0 radical (unpaired) electrons. The van der Waals surface area contributed by atoms with E-state index in [1.807, 2.05) is 0 Å². The quantitative estimate of drug-likeness (QED) is 0.353. The third-order valence-electron chi connectivity index (χ3n) is 6.11. The van der Waals surface area contributed by atoms with Gasteiger partial charge in [0, 0.05) is 24.1 Å². The molecule has 11 nitrogen and oxygen atoms in total. The molecule has 0 saturated carbocycles. The molecular weight excluding hydrogens is 448 g/mol. The summed E-state index contributed by atoms with van der Waals surface area (Å²) in [6.45, 7) is 5.96. The van der Waals surface area contributed by atoms with Crippen molar-refractivity contribution in [2.75, 3.05) is 0 Å². The van der Waals surface area contributed by atoms with Crippen molar-refractivity contribution in [2.24, 2.45) is 0 Å². The second-order valence-corrected chi connectivity index (χ2v) is 10.8. The van der Waals surface area contributed by atoms with Crippen molar-refractivity contribution in [3.63, 3.8) is 0 Å². The molecule has 0 bridgehead atoms. The number of aromatic nitrogens is 3. The van der Waals surface area contributed by atoms with Crippen LogP contribution in [0.4, 0.5) is 4.39 Å². The summed E-state index contributed by atoms with van der Waals surface area (Å²) in [5.74, 6) is -0.692. The molecule has 0 aromatic carbocycles. The lowest BCUT2D eigenvalue weighted by Gasteiger charge is -2.37. The fourth-order valence-electron chi connectivity index (χ4n) is 3.55. The van der Waals surface area contributed by atoms with Crippen LogP contribution in [0.25, 0.3) is 11.0 Å². The molecule has 3 rings (SSSR count). The maximum atomic E-state index is 13.4. The van der Waals surface area contributed by atoms with Crippen molar-refractivity contribution in [2.45, 2.75) is 82.4 Å². The molecular formula is C19H29FN3O8P. The lowest BCUT2D eigenvalue weighted by molar-refractivity contribution is -0.0712. The summed E-state index contributed by atoms with van der Waals surface area (Å²) >= 11 is 0. The second kappa shape index (κ2) is 8.60. The van der Waals surface area contributed by atoms with Crippen molar-refractivity contribution in [3.8, 4) is 0 Å². The third-order valence-corrected chi connectivity index (χ3v) is 8.34. The van der Waals surface area contributed by atoms with Crippen molar-refractivity contribution < 1.29 is 38.4 Å². The Hall–Kier alpha value is -1.66. The Bertz CT molecular complexity index is 1090. The molecule has 13 heteroatoms. The first kappa shape index (κ1) is 25.0. The molecule has 3 heterocycles. The van der Waals surface area contributed by atoms with Crippen molar-refractivity contribution >= 4 is 18.6 Å². The summed E-state index contributed by atoms with van der Waals surface area (Å²) in [5.41, 5.74) is -2.10. The average Bonchev–Trinajstić information content (AvgIpc) is 3.19. The summed E-state index contributed by atoms with van der Waals surface area (Å²) in [7, 11) is -4.48. The zero-order valence-electron chi connectivity index (χ0n) is 18.2. The number of aliphatic hydroxyl groups excluding tert-OH is 2. The third kappa shape index (κ3) is 4.54. The summed E-state index contributed by atoms with van der Waals surface area (Å²) in [4.78, 5) is 28.7. The van der Waals surface area contributed by atoms with Gasteiger partial charge in [0.05, 0.1) is 11.7 Å². The van der Waals surface area contributed by atoms with E-state index >= 15 is 0 Å². The van der Waals surface area contributed by atoms with Crippen molar-refractivity contribution in [1.29, 1.82) is 0 Å². The molecule has 1 fully saturated rings. The van der Waals surface area contributed by atoms with Gasteiger partial charge in [-0.05, 0) is 26.7 Å². The van der Waals surface area contributed by atoms with Crippen molar-refractivity contribution in [1.82, 2.24) is 14.5 Å². The second-order valence-electron chi connectivity index (χ2n) is 8.59. The van der Waals surface area contributed by atoms with E-state index in [0.29, 0.717) is 0 Å². The molecule has 2 aromatic heterocycles. The summed E-state index contributed by atoms with van der Waals surface area (Å²) in [6, 6.07) is 1.12. The number of H-pyrrole nitrogens is 1. The minimum Gasteiger partial charge on any atom is -0.388 e. The molecule has 1 saturated heterocycles. The van der Waals surface area contributed by atoms with E-state index in [9.17, 15) is 34.0 Å². The molecule has 180 valence electrons. The minimum absolute atomic E-state index is 0.0257. The zero-order chi connectivity index (χ0) is 24.1. The maximum absolute atomic E-state index is 13.4. The summed E-state index contributed by atoms with van der Waals surface area (Å²) in [6.07, 6.45) is -4.04. The highest BCUT2D eigenvalue weighted by atomic mass is 31.2. The highest BCUT2D eigenvalue weighted by Gasteiger charge is 2.50. The Labute approximate surface area is 183 Å². The maximum Gasteiger partial charge on any atom is 0.359 e.